The Hall–Kier alpha value is -2.18. The SMILES string of the molecule is O=C(CSc1ccc(Cl)cc1)N/N=C\c1ccc(OCc2ccc(Cl)c(Cl)c2)cc1. The second kappa shape index (κ2) is 11.3. The van der Waals surface area contributed by atoms with E-state index in [0.29, 0.717) is 27.4 Å². The van der Waals surface area contributed by atoms with E-state index in [-0.39, 0.29) is 11.7 Å². The maximum atomic E-state index is 11.9. The molecule has 0 heterocycles. The molecule has 0 aliphatic carbocycles. The standard InChI is InChI=1S/C22H17Cl3N2O2S/c23-17-4-8-19(9-5-17)30-14-22(28)27-26-12-15-1-6-18(7-2-15)29-13-16-3-10-20(24)21(25)11-16/h1-12H,13-14H2,(H,27,28)/b26-12-. The minimum atomic E-state index is -0.187. The first-order valence-corrected chi connectivity index (χ1v) is 11.0. The monoisotopic (exact) mass is 478 g/mol. The molecule has 0 unspecified atom stereocenters. The van der Waals surface area contributed by atoms with Gasteiger partial charge in [0, 0.05) is 9.92 Å². The van der Waals surface area contributed by atoms with E-state index in [1.807, 2.05) is 42.5 Å². The van der Waals surface area contributed by atoms with Gasteiger partial charge in [-0.25, -0.2) is 5.43 Å². The summed E-state index contributed by atoms with van der Waals surface area (Å²) in [6.07, 6.45) is 1.58. The quantitative estimate of drug-likeness (QED) is 0.229. The van der Waals surface area contributed by atoms with Crippen molar-refractivity contribution >= 4 is 58.7 Å². The van der Waals surface area contributed by atoms with E-state index in [4.69, 9.17) is 39.5 Å². The van der Waals surface area contributed by atoms with Gasteiger partial charge < -0.3 is 4.74 Å². The fraction of sp³-hybridized carbons (Fsp3) is 0.0909. The second-order valence-corrected chi connectivity index (χ2v) is 8.44. The van der Waals surface area contributed by atoms with Crippen molar-refractivity contribution in [2.75, 3.05) is 5.75 Å². The van der Waals surface area contributed by atoms with Crippen LogP contribution in [0.1, 0.15) is 11.1 Å². The van der Waals surface area contributed by atoms with Gasteiger partial charge in [-0.1, -0.05) is 40.9 Å². The van der Waals surface area contributed by atoms with E-state index >= 15 is 0 Å². The van der Waals surface area contributed by atoms with Crippen LogP contribution in [0.4, 0.5) is 0 Å². The number of carbonyl (C=O) groups excluding carboxylic acids is 1. The number of carbonyl (C=O) groups is 1. The molecule has 1 amide bonds. The number of nitrogens with one attached hydrogen (secondary N) is 1. The molecule has 3 aromatic rings. The van der Waals surface area contributed by atoms with Gasteiger partial charge >= 0.3 is 0 Å². The van der Waals surface area contributed by atoms with E-state index in [1.54, 1.807) is 30.5 Å². The molecule has 0 spiro atoms. The molecule has 30 heavy (non-hydrogen) atoms. The van der Waals surface area contributed by atoms with E-state index < -0.39 is 0 Å². The van der Waals surface area contributed by atoms with Crippen LogP contribution >= 0.6 is 46.6 Å². The molecular weight excluding hydrogens is 463 g/mol. The molecule has 8 heteroatoms. The molecule has 0 saturated heterocycles. The molecule has 0 aromatic heterocycles. The number of rotatable bonds is 8. The van der Waals surface area contributed by atoms with Gasteiger partial charge in [0.05, 0.1) is 22.0 Å². The van der Waals surface area contributed by atoms with Crippen LogP contribution in [0.3, 0.4) is 0 Å². The third kappa shape index (κ3) is 7.26. The summed E-state index contributed by atoms with van der Waals surface area (Å²) in [4.78, 5) is 12.9. The maximum absolute atomic E-state index is 11.9. The van der Waals surface area contributed by atoms with Crippen LogP contribution < -0.4 is 10.2 Å². The van der Waals surface area contributed by atoms with Crippen LogP contribution in [0, 0.1) is 0 Å². The highest BCUT2D eigenvalue weighted by molar-refractivity contribution is 8.00. The molecule has 0 aliphatic heterocycles. The van der Waals surface area contributed by atoms with E-state index in [0.717, 1.165) is 16.0 Å². The number of nitrogens with zero attached hydrogens (tertiary/aromatic N) is 1. The van der Waals surface area contributed by atoms with Gasteiger partial charge in [-0.3, -0.25) is 4.79 Å². The van der Waals surface area contributed by atoms with Crippen molar-refractivity contribution in [2.24, 2.45) is 5.10 Å². The molecule has 1 N–H and O–H groups in total. The predicted octanol–water partition coefficient (Wildman–Crippen LogP) is 6.47. The fourth-order valence-electron chi connectivity index (χ4n) is 2.34. The van der Waals surface area contributed by atoms with Gasteiger partial charge in [0.2, 0.25) is 5.91 Å². The molecule has 0 fully saturated rings. The van der Waals surface area contributed by atoms with Crippen molar-refractivity contribution in [1.29, 1.82) is 0 Å². The van der Waals surface area contributed by atoms with Crippen molar-refractivity contribution in [3.05, 3.63) is 92.9 Å². The van der Waals surface area contributed by atoms with Gasteiger partial charge in [-0.05, 0) is 71.8 Å². The van der Waals surface area contributed by atoms with Crippen molar-refractivity contribution in [3.8, 4) is 5.75 Å². The summed E-state index contributed by atoms with van der Waals surface area (Å²) in [5, 5.41) is 5.66. The Bertz CT molecular complexity index is 1030. The van der Waals surface area contributed by atoms with Gasteiger partial charge in [-0.2, -0.15) is 5.10 Å². The number of amides is 1. The smallest absolute Gasteiger partial charge is 0.250 e. The molecular formula is C22H17Cl3N2O2S. The maximum Gasteiger partial charge on any atom is 0.250 e. The molecule has 3 aromatic carbocycles. The number of halogens is 3. The molecule has 0 bridgehead atoms. The van der Waals surface area contributed by atoms with Crippen LogP contribution in [-0.4, -0.2) is 17.9 Å². The molecule has 0 atom stereocenters. The Kier molecular flexibility index (Phi) is 8.46. The number of benzene rings is 3. The Morgan fingerprint density at radius 2 is 1.70 bits per heavy atom. The lowest BCUT2D eigenvalue weighted by atomic mass is 10.2. The van der Waals surface area contributed by atoms with Crippen LogP contribution in [0.25, 0.3) is 0 Å². The number of hydrogen-bond donors (Lipinski definition) is 1. The summed E-state index contributed by atoms with van der Waals surface area (Å²) in [5.41, 5.74) is 4.27. The van der Waals surface area contributed by atoms with Gasteiger partial charge in [0.25, 0.3) is 0 Å². The zero-order valence-corrected chi connectivity index (χ0v) is 18.7. The summed E-state index contributed by atoms with van der Waals surface area (Å²) in [7, 11) is 0. The summed E-state index contributed by atoms with van der Waals surface area (Å²) in [6.45, 7) is 0.381. The average Bonchev–Trinajstić information content (AvgIpc) is 2.75. The van der Waals surface area contributed by atoms with Crippen LogP contribution in [0.5, 0.6) is 5.75 Å². The first-order chi connectivity index (χ1) is 14.5. The largest absolute Gasteiger partial charge is 0.489 e. The average molecular weight is 480 g/mol. The Balaban J connectivity index is 1.42. The van der Waals surface area contributed by atoms with Gasteiger partial charge in [0.1, 0.15) is 12.4 Å². The number of ether oxygens (including phenoxy) is 1. The van der Waals surface area contributed by atoms with E-state index in [2.05, 4.69) is 10.5 Å². The number of thioether (sulfide) groups is 1. The highest BCUT2D eigenvalue weighted by Gasteiger charge is 2.03. The topological polar surface area (TPSA) is 50.7 Å². The Morgan fingerprint density at radius 1 is 0.967 bits per heavy atom. The zero-order chi connectivity index (χ0) is 21.3. The van der Waals surface area contributed by atoms with Crippen molar-refractivity contribution in [2.45, 2.75) is 11.5 Å². The fourth-order valence-corrected chi connectivity index (χ4v) is 3.47. The van der Waals surface area contributed by atoms with Gasteiger partial charge in [0.15, 0.2) is 0 Å². The molecule has 0 aliphatic rings. The Morgan fingerprint density at radius 3 is 2.40 bits per heavy atom. The summed E-state index contributed by atoms with van der Waals surface area (Å²) < 4.78 is 5.74. The van der Waals surface area contributed by atoms with Crippen molar-refractivity contribution in [1.82, 2.24) is 5.43 Å². The van der Waals surface area contributed by atoms with E-state index in [9.17, 15) is 4.79 Å². The van der Waals surface area contributed by atoms with Crippen LogP contribution in [0.15, 0.2) is 76.7 Å². The normalized spacial score (nSPS) is 10.9. The minimum absolute atomic E-state index is 0.187. The van der Waals surface area contributed by atoms with Crippen molar-refractivity contribution < 1.29 is 9.53 Å². The predicted molar refractivity (Wildman–Crippen MR) is 125 cm³/mol. The minimum Gasteiger partial charge on any atom is -0.489 e. The lowest BCUT2D eigenvalue weighted by Gasteiger charge is -2.07. The van der Waals surface area contributed by atoms with Crippen LogP contribution in [-0.2, 0) is 11.4 Å². The summed E-state index contributed by atoms with van der Waals surface area (Å²) >= 11 is 19.2. The zero-order valence-electron chi connectivity index (χ0n) is 15.6. The number of hydrazone groups is 1. The lowest BCUT2D eigenvalue weighted by Crippen LogP contribution is -2.19. The molecule has 154 valence electrons. The molecule has 3 rings (SSSR count). The second-order valence-electron chi connectivity index (χ2n) is 6.14. The number of hydrogen-bond acceptors (Lipinski definition) is 4. The first-order valence-electron chi connectivity index (χ1n) is 8.87. The van der Waals surface area contributed by atoms with Crippen molar-refractivity contribution in [3.63, 3.8) is 0 Å². The Labute approximate surface area is 194 Å². The highest BCUT2D eigenvalue weighted by Crippen LogP contribution is 2.23. The molecule has 4 nitrogen and oxygen atoms in total. The van der Waals surface area contributed by atoms with Gasteiger partial charge in [-0.15, -0.1) is 11.8 Å². The first kappa shape index (κ1) is 22.5. The molecule has 0 saturated carbocycles. The highest BCUT2D eigenvalue weighted by atomic mass is 35.5. The third-order valence-corrected chi connectivity index (χ3v) is 5.86. The summed E-state index contributed by atoms with van der Waals surface area (Å²) in [6, 6.07) is 20.1. The summed E-state index contributed by atoms with van der Waals surface area (Å²) in [5.74, 6) is 0.787. The van der Waals surface area contributed by atoms with E-state index in [1.165, 1.54) is 11.8 Å². The lowest BCUT2D eigenvalue weighted by molar-refractivity contribution is -0.118. The third-order valence-electron chi connectivity index (χ3n) is 3.86. The molecule has 0 radical (unpaired) electrons. The van der Waals surface area contributed by atoms with Crippen LogP contribution in [0.2, 0.25) is 15.1 Å².